The Balaban J connectivity index is 2.37. The average Bonchev–Trinajstić information content (AvgIpc) is 2.22. The van der Waals surface area contributed by atoms with Crippen LogP contribution in [0.5, 0.6) is 0 Å². The maximum absolute atomic E-state index is 5.00. The summed E-state index contributed by atoms with van der Waals surface area (Å²) in [7, 11) is 1.73. The molecule has 0 saturated heterocycles. The van der Waals surface area contributed by atoms with Crippen molar-refractivity contribution in [1.29, 1.82) is 0 Å². The molecule has 15 heavy (non-hydrogen) atoms. The standard InChI is InChI=1S/C13H21NO/c1-11-6-4-5-7-13(11)10-12(2)14-8-9-15-3/h4-7,12,14H,8-10H2,1-3H3. The predicted octanol–water partition coefficient (Wildman–Crippen LogP) is 2.16. The van der Waals surface area contributed by atoms with E-state index in [9.17, 15) is 0 Å². The van der Waals surface area contributed by atoms with Crippen molar-refractivity contribution in [3.63, 3.8) is 0 Å². The predicted molar refractivity (Wildman–Crippen MR) is 64.2 cm³/mol. The van der Waals surface area contributed by atoms with Gasteiger partial charge in [0.1, 0.15) is 0 Å². The van der Waals surface area contributed by atoms with Gasteiger partial charge >= 0.3 is 0 Å². The fourth-order valence-corrected chi connectivity index (χ4v) is 1.65. The summed E-state index contributed by atoms with van der Waals surface area (Å²) in [5.41, 5.74) is 2.80. The van der Waals surface area contributed by atoms with Gasteiger partial charge in [-0.15, -0.1) is 0 Å². The average molecular weight is 207 g/mol. The van der Waals surface area contributed by atoms with Crippen molar-refractivity contribution >= 4 is 0 Å². The summed E-state index contributed by atoms with van der Waals surface area (Å²) in [5, 5.41) is 3.43. The molecule has 0 aromatic heterocycles. The molecule has 1 unspecified atom stereocenters. The monoisotopic (exact) mass is 207 g/mol. The quantitative estimate of drug-likeness (QED) is 0.722. The number of benzene rings is 1. The molecule has 1 aromatic rings. The molecular weight excluding hydrogens is 186 g/mol. The van der Waals surface area contributed by atoms with Gasteiger partial charge in [0, 0.05) is 19.7 Å². The largest absolute Gasteiger partial charge is 0.383 e. The van der Waals surface area contributed by atoms with Gasteiger partial charge in [-0.25, -0.2) is 0 Å². The Labute approximate surface area is 92.6 Å². The van der Waals surface area contributed by atoms with Crippen LogP contribution in [-0.2, 0) is 11.2 Å². The summed E-state index contributed by atoms with van der Waals surface area (Å²) >= 11 is 0. The van der Waals surface area contributed by atoms with E-state index in [1.807, 2.05) is 0 Å². The second-order valence-corrected chi connectivity index (χ2v) is 3.98. The van der Waals surface area contributed by atoms with Crippen LogP contribution in [0, 0.1) is 6.92 Å². The van der Waals surface area contributed by atoms with E-state index in [1.54, 1.807) is 7.11 Å². The lowest BCUT2D eigenvalue weighted by atomic mass is 10.0. The molecule has 1 atom stereocenters. The van der Waals surface area contributed by atoms with Crippen molar-refractivity contribution < 1.29 is 4.74 Å². The molecule has 0 aliphatic rings. The van der Waals surface area contributed by atoms with Gasteiger partial charge < -0.3 is 10.1 Å². The van der Waals surface area contributed by atoms with Crippen molar-refractivity contribution in [3.05, 3.63) is 35.4 Å². The Morgan fingerprint density at radius 3 is 2.73 bits per heavy atom. The van der Waals surface area contributed by atoms with Crippen LogP contribution in [0.1, 0.15) is 18.1 Å². The molecule has 0 spiro atoms. The molecule has 0 saturated carbocycles. The fraction of sp³-hybridized carbons (Fsp3) is 0.538. The summed E-state index contributed by atoms with van der Waals surface area (Å²) in [6.45, 7) is 6.07. The molecule has 0 amide bonds. The Morgan fingerprint density at radius 1 is 1.33 bits per heavy atom. The van der Waals surface area contributed by atoms with Crippen LogP contribution < -0.4 is 5.32 Å². The van der Waals surface area contributed by atoms with Crippen LogP contribution >= 0.6 is 0 Å². The van der Waals surface area contributed by atoms with Crippen LogP contribution in [0.2, 0.25) is 0 Å². The van der Waals surface area contributed by atoms with E-state index in [0.29, 0.717) is 6.04 Å². The second kappa shape index (κ2) is 6.59. The Kier molecular flexibility index (Phi) is 5.37. The third kappa shape index (κ3) is 4.45. The molecular formula is C13H21NO. The van der Waals surface area contributed by atoms with Crippen molar-refractivity contribution in [3.8, 4) is 0 Å². The minimum absolute atomic E-state index is 0.501. The van der Waals surface area contributed by atoms with Crippen LogP contribution in [0.3, 0.4) is 0 Å². The van der Waals surface area contributed by atoms with Crippen molar-refractivity contribution in [2.24, 2.45) is 0 Å². The van der Waals surface area contributed by atoms with Crippen LogP contribution in [0.25, 0.3) is 0 Å². The van der Waals surface area contributed by atoms with Gasteiger partial charge in [0.15, 0.2) is 0 Å². The molecule has 0 fully saturated rings. The summed E-state index contributed by atoms with van der Waals surface area (Å²) in [4.78, 5) is 0. The van der Waals surface area contributed by atoms with Gasteiger partial charge in [-0.1, -0.05) is 24.3 Å². The highest BCUT2D eigenvalue weighted by molar-refractivity contribution is 5.26. The van der Waals surface area contributed by atoms with E-state index < -0.39 is 0 Å². The zero-order chi connectivity index (χ0) is 11.1. The van der Waals surface area contributed by atoms with E-state index in [2.05, 4.69) is 43.4 Å². The van der Waals surface area contributed by atoms with Crippen molar-refractivity contribution in [2.75, 3.05) is 20.3 Å². The molecule has 0 heterocycles. The number of rotatable bonds is 6. The first-order valence-electron chi connectivity index (χ1n) is 5.51. The number of ether oxygens (including phenoxy) is 1. The first-order valence-corrected chi connectivity index (χ1v) is 5.51. The minimum Gasteiger partial charge on any atom is -0.383 e. The third-order valence-corrected chi connectivity index (χ3v) is 2.59. The molecule has 1 aromatic carbocycles. The highest BCUT2D eigenvalue weighted by atomic mass is 16.5. The van der Waals surface area contributed by atoms with Gasteiger partial charge in [-0.05, 0) is 31.4 Å². The third-order valence-electron chi connectivity index (χ3n) is 2.59. The maximum atomic E-state index is 5.00. The van der Waals surface area contributed by atoms with E-state index >= 15 is 0 Å². The summed E-state index contributed by atoms with van der Waals surface area (Å²) in [6.07, 6.45) is 1.08. The van der Waals surface area contributed by atoms with Crippen LogP contribution in [0.4, 0.5) is 0 Å². The normalized spacial score (nSPS) is 12.7. The van der Waals surface area contributed by atoms with E-state index in [4.69, 9.17) is 4.74 Å². The van der Waals surface area contributed by atoms with Crippen molar-refractivity contribution in [1.82, 2.24) is 5.32 Å². The molecule has 0 aliphatic heterocycles. The number of methoxy groups -OCH3 is 1. The summed E-state index contributed by atoms with van der Waals surface area (Å²) < 4.78 is 5.00. The lowest BCUT2D eigenvalue weighted by Crippen LogP contribution is -2.31. The number of nitrogens with one attached hydrogen (secondary N) is 1. The van der Waals surface area contributed by atoms with E-state index in [0.717, 1.165) is 19.6 Å². The Bertz CT molecular complexity index is 286. The summed E-state index contributed by atoms with van der Waals surface area (Å²) in [5.74, 6) is 0. The smallest absolute Gasteiger partial charge is 0.0587 e. The first-order chi connectivity index (χ1) is 7.24. The molecule has 0 aliphatic carbocycles. The van der Waals surface area contributed by atoms with Crippen LogP contribution in [0.15, 0.2) is 24.3 Å². The van der Waals surface area contributed by atoms with E-state index in [1.165, 1.54) is 11.1 Å². The van der Waals surface area contributed by atoms with Gasteiger partial charge in [0.2, 0.25) is 0 Å². The SMILES string of the molecule is COCCNC(C)Cc1ccccc1C. The minimum atomic E-state index is 0.501. The lowest BCUT2D eigenvalue weighted by Gasteiger charge is -2.14. The van der Waals surface area contributed by atoms with Gasteiger partial charge in [0.05, 0.1) is 6.61 Å². The lowest BCUT2D eigenvalue weighted by molar-refractivity contribution is 0.196. The fourth-order valence-electron chi connectivity index (χ4n) is 1.65. The molecule has 1 rings (SSSR count). The topological polar surface area (TPSA) is 21.3 Å². The van der Waals surface area contributed by atoms with Crippen molar-refractivity contribution in [2.45, 2.75) is 26.3 Å². The summed E-state index contributed by atoms with van der Waals surface area (Å²) in [6, 6.07) is 9.05. The van der Waals surface area contributed by atoms with Gasteiger partial charge in [-0.2, -0.15) is 0 Å². The second-order valence-electron chi connectivity index (χ2n) is 3.98. The number of aryl methyl sites for hydroxylation is 1. The number of hydrogen-bond acceptors (Lipinski definition) is 2. The zero-order valence-corrected chi connectivity index (χ0v) is 9.92. The maximum Gasteiger partial charge on any atom is 0.0587 e. The van der Waals surface area contributed by atoms with Gasteiger partial charge in [0.25, 0.3) is 0 Å². The first kappa shape index (κ1) is 12.2. The Morgan fingerprint density at radius 2 is 2.07 bits per heavy atom. The van der Waals surface area contributed by atoms with E-state index in [-0.39, 0.29) is 0 Å². The molecule has 2 heteroatoms. The van der Waals surface area contributed by atoms with Gasteiger partial charge in [-0.3, -0.25) is 0 Å². The highest BCUT2D eigenvalue weighted by Crippen LogP contribution is 2.09. The molecule has 0 radical (unpaired) electrons. The Hall–Kier alpha value is -0.860. The van der Waals surface area contributed by atoms with Crippen LogP contribution in [-0.4, -0.2) is 26.3 Å². The zero-order valence-electron chi connectivity index (χ0n) is 9.92. The molecule has 1 N–H and O–H groups in total. The highest BCUT2D eigenvalue weighted by Gasteiger charge is 2.03. The number of hydrogen-bond donors (Lipinski definition) is 1. The molecule has 84 valence electrons. The molecule has 2 nitrogen and oxygen atoms in total. The molecule has 0 bridgehead atoms.